The van der Waals surface area contributed by atoms with E-state index in [9.17, 15) is 9.18 Å². The predicted octanol–water partition coefficient (Wildman–Crippen LogP) is 5.47. The fourth-order valence-corrected chi connectivity index (χ4v) is 4.32. The lowest BCUT2D eigenvalue weighted by molar-refractivity contribution is -0.134. The molecule has 4 nitrogen and oxygen atoms in total. The molecule has 1 saturated heterocycles. The summed E-state index contributed by atoms with van der Waals surface area (Å²) in [4.78, 5) is 18.4. The minimum absolute atomic E-state index is 0.0814. The first kappa shape index (κ1) is 19.3. The van der Waals surface area contributed by atoms with Crippen molar-refractivity contribution in [2.24, 2.45) is 5.92 Å². The fraction of sp³-hybridized carbons (Fsp3) is 0.333. The quantitative estimate of drug-likeness (QED) is 0.557. The average molecular weight is 425 g/mol. The summed E-state index contributed by atoms with van der Waals surface area (Å²) < 4.78 is 20.7. The molecule has 1 aliphatic carbocycles. The number of benzene rings is 2. The van der Waals surface area contributed by atoms with Crippen LogP contribution in [0.4, 0.5) is 4.39 Å². The number of likely N-dealkylation sites (tertiary alicyclic amines) is 1. The normalized spacial score (nSPS) is 17.3. The Hall–Kier alpha value is -2.66. The van der Waals surface area contributed by atoms with Crippen molar-refractivity contribution < 1.29 is 13.9 Å². The van der Waals surface area contributed by atoms with Gasteiger partial charge in [-0.1, -0.05) is 23.7 Å². The lowest BCUT2D eigenvalue weighted by Crippen LogP contribution is -2.42. The van der Waals surface area contributed by atoms with Crippen LogP contribution in [0.1, 0.15) is 25.7 Å². The Morgan fingerprint density at radius 2 is 1.90 bits per heavy atom. The number of hydrogen-bond donors (Lipinski definition) is 0. The Morgan fingerprint density at radius 1 is 1.10 bits per heavy atom. The van der Waals surface area contributed by atoms with Crippen molar-refractivity contribution in [3.05, 3.63) is 59.5 Å². The molecule has 2 aliphatic rings. The van der Waals surface area contributed by atoms with Crippen LogP contribution in [0, 0.1) is 11.7 Å². The Bertz CT molecular complexity index is 1110. The second-order valence-electron chi connectivity index (χ2n) is 8.09. The predicted molar refractivity (Wildman–Crippen MR) is 115 cm³/mol. The van der Waals surface area contributed by atoms with Gasteiger partial charge in [0.2, 0.25) is 5.91 Å². The molecule has 1 aliphatic heterocycles. The molecular formula is C24H22ClFN2O2. The van der Waals surface area contributed by atoms with Gasteiger partial charge in [0.25, 0.3) is 0 Å². The summed E-state index contributed by atoms with van der Waals surface area (Å²) in [7, 11) is 0. The van der Waals surface area contributed by atoms with E-state index in [2.05, 4.69) is 4.98 Å². The highest BCUT2D eigenvalue weighted by atomic mass is 35.5. The van der Waals surface area contributed by atoms with Gasteiger partial charge in [0, 0.05) is 54.0 Å². The van der Waals surface area contributed by atoms with E-state index in [0.29, 0.717) is 23.7 Å². The van der Waals surface area contributed by atoms with Crippen LogP contribution in [-0.4, -0.2) is 35.0 Å². The molecule has 2 heterocycles. The number of rotatable bonds is 4. The van der Waals surface area contributed by atoms with E-state index in [1.165, 1.54) is 6.07 Å². The molecule has 0 N–H and O–H groups in total. The highest BCUT2D eigenvalue weighted by Crippen LogP contribution is 2.35. The molecule has 0 bridgehead atoms. The Kier molecular flexibility index (Phi) is 5.07. The zero-order valence-corrected chi connectivity index (χ0v) is 17.2. The molecule has 0 spiro atoms. The van der Waals surface area contributed by atoms with Crippen LogP contribution in [0.25, 0.3) is 22.0 Å². The smallest absolute Gasteiger partial charge is 0.225 e. The fourth-order valence-electron chi connectivity index (χ4n) is 4.04. The first-order chi connectivity index (χ1) is 14.6. The van der Waals surface area contributed by atoms with E-state index >= 15 is 0 Å². The zero-order chi connectivity index (χ0) is 20.7. The maximum Gasteiger partial charge on any atom is 0.225 e. The molecule has 1 saturated carbocycles. The minimum Gasteiger partial charge on any atom is -0.487 e. The van der Waals surface area contributed by atoms with E-state index in [4.69, 9.17) is 16.3 Å². The van der Waals surface area contributed by atoms with Gasteiger partial charge < -0.3 is 9.64 Å². The standard InChI is InChI=1S/C24H22ClFN2O2/c25-20-12-17-2-1-9-27-22(17)14-19(20)16-5-6-23(21(26)13-16)30-18-7-10-28(11-8-18)24(29)15-3-4-15/h1-2,5-6,9,12-15,18H,3-4,7-8,10-11H2. The lowest BCUT2D eigenvalue weighted by Gasteiger charge is -2.32. The van der Waals surface area contributed by atoms with Crippen LogP contribution in [-0.2, 0) is 4.79 Å². The third-order valence-electron chi connectivity index (χ3n) is 5.91. The monoisotopic (exact) mass is 424 g/mol. The van der Waals surface area contributed by atoms with E-state index in [1.807, 2.05) is 35.2 Å². The molecule has 30 heavy (non-hydrogen) atoms. The van der Waals surface area contributed by atoms with Gasteiger partial charge in [0.15, 0.2) is 11.6 Å². The lowest BCUT2D eigenvalue weighted by atomic mass is 10.0. The Labute approximate surface area is 179 Å². The van der Waals surface area contributed by atoms with Crippen LogP contribution in [0.5, 0.6) is 5.75 Å². The third kappa shape index (κ3) is 3.86. The number of pyridine rings is 1. The van der Waals surface area contributed by atoms with Gasteiger partial charge in [-0.2, -0.15) is 0 Å². The summed E-state index contributed by atoms with van der Waals surface area (Å²) in [6, 6.07) is 12.5. The number of aromatic nitrogens is 1. The highest BCUT2D eigenvalue weighted by Gasteiger charge is 2.35. The van der Waals surface area contributed by atoms with Crippen LogP contribution in [0.3, 0.4) is 0 Å². The number of piperidine rings is 1. The summed E-state index contributed by atoms with van der Waals surface area (Å²) >= 11 is 6.44. The maximum atomic E-state index is 14.8. The summed E-state index contributed by atoms with van der Waals surface area (Å²) in [6.45, 7) is 1.36. The van der Waals surface area contributed by atoms with Gasteiger partial charge in [0.1, 0.15) is 6.10 Å². The number of fused-ring (bicyclic) bond motifs is 1. The molecule has 3 aromatic rings. The average Bonchev–Trinajstić information content (AvgIpc) is 3.60. The van der Waals surface area contributed by atoms with Crippen LogP contribution in [0.15, 0.2) is 48.7 Å². The zero-order valence-electron chi connectivity index (χ0n) is 16.5. The molecule has 2 fully saturated rings. The largest absolute Gasteiger partial charge is 0.487 e. The molecule has 0 atom stereocenters. The van der Waals surface area contributed by atoms with E-state index in [0.717, 1.165) is 42.1 Å². The number of carbonyl (C=O) groups excluding carboxylic acids is 1. The number of halogens is 2. The molecule has 2 aromatic carbocycles. The topological polar surface area (TPSA) is 42.4 Å². The molecule has 1 aromatic heterocycles. The molecule has 0 unspecified atom stereocenters. The molecule has 5 rings (SSSR count). The van der Waals surface area contributed by atoms with Crippen LogP contribution in [0.2, 0.25) is 5.02 Å². The molecule has 0 radical (unpaired) electrons. The third-order valence-corrected chi connectivity index (χ3v) is 6.22. The summed E-state index contributed by atoms with van der Waals surface area (Å²) in [5.74, 6) is 0.331. The number of ether oxygens (including phenoxy) is 1. The SMILES string of the molecule is O=C(C1CC1)N1CCC(Oc2ccc(-c3cc4ncccc4cc3Cl)cc2F)CC1. The number of amides is 1. The number of hydrogen-bond acceptors (Lipinski definition) is 3. The van der Waals surface area contributed by atoms with Crippen molar-refractivity contribution in [1.82, 2.24) is 9.88 Å². The molecule has 6 heteroatoms. The molecule has 1 amide bonds. The van der Waals surface area contributed by atoms with Crippen molar-refractivity contribution in [1.29, 1.82) is 0 Å². The van der Waals surface area contributed by atoms with Crippen molar-refractivity contribution >= 4 is 28.4 Å². The van der Waals surface area contributed by atoms with Gasteiger partial charge in [-0.3, -0.25) is 9.78 Å². The summed E-state index contributed by atoms with van der Waals surface area (Å²) in [5, 5.41) is 1.49. The number of carbonyl (C=O) groups is 1. The van der Waals surface area contributed by atoms with Gasteiger partial charge in [-0.25, -0.2) is 4.39 Å². The van der Waals surface area contributed by atoms with Crippen molar-refractivity contribution in [2.75, 3.05) is 13.1 Å². The van der Waals surface area contributed by atoms with Crippen molar-refractivity contribution in [2.45, 2.75) is 31.8 Å². The summed E-state index contributed by atoms with van der Waals surface area (Å²) in [6.07, 6.45) is 5.13. The van der Waals surface area contributed by atoms with Gasteiger partial charge >= 0.3 is 0 Å². The second kappa shape index (κ2) is 7.88. The Balaban J connectivity index is 1.29. The Morgan fingerprint density at radius 3 is 2.63 bits per heavy atom. The summed E-state index contributed by atoms with van der Waals surface area (Å²) in [5.41, 5.74) is 2.23. The van der Waals surface area contributed by atoms with E-state index < -0.39 is 5.82 Å². The van der Waals surface area contributed by atoms with Crippen LogP contribution >= 0.6 is 11.6 Å². The van der Waals surface area contributed by atoms with Gasteiger partial charge in [-0.05, 0) is 48.7 Å². The molecule has 154 valence electrons. The molecular weight excluding hydrogens is 403 g/mol. The van der Waals surface area contributed by atoms with Gasteiger partial charge in [-0.15, -0.1) is 0 Å². The first-order valence-corrected chi connectivity index (χ1v) is 10.8. The van der Waals surface area contributed by atoms with E-state index in [1.54, 1.807) is 12.3 Å². The number of nitrogens with zero attached hydrogens (tertiary/aromatic N) is 2. The minimum atomic E-state index is -0.416. The van der Waals surface area contributed by atoms with Gasteiger partial charge in [0.05, 0.1) is 5.52 Å². The van der Waals surface area contributed by atoms with Crippen LogP contribution < -0.4 is 4.74 Å². The second-order valence-corrected chi connectivity index (χ2v) is 8.50. The first-order valence-electron chi connectivity index (χ1n) is 10.4. The van der Waals surface area contributed by atoms with Crippen molar-refractivity contribution in [3.8, 4) is 16.9 Å². The van der Waals surface area contributed by atoms with E-state index in [-0.39, 0.29) is 23.7 Å². The van der Waals surface area contributed by atoms with Crippen molar-refractivity contribution in [3.63, 3.8) is 0 Å². The highest BCUT2D eigenvalue weighted by molar-refractivity contribution is 6.34. The maximum absolute atomic E-state index is 14.8.